The second kappa shape index (κ2) is 7.32. The molecule has 2 aliphatic heterocycles. The van der Waals surface area contributed by atoms with Gasteiger partial charge < -0.3 is 13.9 Å². The van der Waals surface area contributed by atoms with E-state index in [-0.39, 0.29) is 5.41 Å². The molecule has 0 saturated carbocycles. The van der Waals surface area contributed by atoms with E-state index in [9.17, 15) is 0 Å². The average Bonchev–Trinajstić information content (AvgIpc) is 3.18. The molecule has 0 spiro atoms. The summed E-state index contributed by atoms with van der Waals surface area (Å²) in [6, 6.07) is 0. The third-order valence-electron chi connectivity index (χ3n) is 4.62. The monoisotopic (exact) mass is 322 g/mol. The van der Waals surface area contributed by atoms with Crippen molar-refractivity contribution in [3.8, 4) is 0 Å². The van der Waals surface area contributed by atoms with E-state index in [1.54, 1.807) is 0 Å². The van der Waals surface area contributed by atoms with E-state index in [4.69, 9.17) is 13.9 Å². The standard InChI is InChI=1S/C18H30N2O3/c1-18(2,3)16-10-19-17(23-16)13-20(11-14-6-4-8-21-14)12-15-7-5-9-22-15/h10,14-15H,4-9,11-13H2,1-3H3. The first-order valence-corrected chi connectivity index (χ1v) is 8.91. The van der Waals surface area contributed by atoms with E-state index in [0.717, 1.165) is 57.3 Å². The summed E-state index contributed by atoms with van der Waals surface area (Å²) in [5.74, 6) is 1.74. The van der Waals surface area contributed by atoms with Crippen molar-refractivity contribution in [2.75, 3.05) is 26.3 Å². The smallest absolute Gasteiger partial charge is 0.208 e. The maximum atomic E-state index is 5.97. The van der Waals surface area contributed by atoms with Crippen LogP contribution in [0.15, 0.2) is 10.6 Å². The highest BCUT2D eigenvalue weighted by atomic mass is 16.5. The van der Waals surface area contributed by atoms with Gasteiger partial charge in [0.15, 0.2) is 0 Å². The Balaban J connectivity index is 1.62. The summed E-state index contributed by atoms with van der Waals surface area (Å²) in [6.07, 6.45) is 7.20. The first-order valence-electron chi connectivity index (χ1n) is 8.91. The van der Waals surface area contributed by atoms with Gasteiger partial charge in [-0.05, 0) is 25.7 Å². The Hall–Kier alpha value is -0.910. The van der Waals surface area contributed by atoms with Crippen LogP contribution >= 0.6 is 0 Å². The minimum atomic E-state index is -0.000787. The number of aromatic nitrogens is 1. The lowest BCUT2D eigenvalue weighted by atomic mass is 9.94. The predicted octanol–water partition coefficient (Wildman–Crippen LogP) is 3.13. The van der Waals surface area contributed by atoms with Gasteiger partial charge in [0.05, 0.1) is 24.9 Å². The second-order valence-electron chi connectivity index (χ2n) is 7.83. The molecule has 23 heavy (non-hydrogen) atoms. The fourth-order valence-corrected chi connectivity index (χ4v) is 3.28. The molecule has 2 unspecified atom stereocenters. The molecule has 0 amide bonds. The number of oxazole rings is 1. The van der Waals surface area contributed by atoms with Crippen LogP contribution in [0.4, 0.5) is 0 Å². The quantitative estimate of drug-likeness (QED) is 0.805. The third-order valence-corrected chi connectivity index (χ3v) is 4.62. The Bertz CT molecular complexity index is 465. The molecule has 5 nitrogen and oxygen atoms in total. The van der Waals surface area contributed by atoms with Crippen LogP contribution in [0.5, 0.6) is 0 Å². The van der Waals surface area contributed by atoms with Crippen molar-refractivity contribution in [1.82, 2.24) is 9.88 Å². The van der Waals surface area contributed by atoms with Gasteiger partial charge in [-0.1, -0.05) is 20.8 Å². The van der Waals surface area contributed by atoms with Crippen LogP contribution in [0, 0.1) is 0 Å². The largest absolute Gasteiger partial charge is 0.444 e. The van der Waals surface area contributed by atoms with Gasteiger partial charge in [-0.2, -0.15) is 0 Å². The molecule has 2 aliphatic rings. The van der Waals surface area contributed by atoms with Crippen molar-refractivity contribution in [2.45, 2.75) is 70.6 Å². The van der Waals surface area contributed by atoms with Gasteiger partial charge in [-0.15, -0.1) is 0 Å². The molecule has 0 radical (unpaired) electrons. The molecule has 3 heterocycles. The minimum Gasteiger partial charge on any atom is -0.444 e. The molecule has 0 bridgehead atoms. The lowest BCUT2D eigenvalue weighted by molar-refractivity contribution is 0.0313. The normalized spacial score (nSPS) is 25.6. The summed E-state index contributed by atoms with van der Waals surface area (Å²) < 4.78 is 17.6. The Labute approximate surface area is 139 Å². The molecule has 2 fully saturated rings. The van der Waals surface area contributed by atoms with Crippen molar-refractivity contribution in [3.05, 3.63) is 17.8 Å². The van der Waals surface area contributed by atoms with E-state index in [2.05, 4.69) is 30.7 Å². The fraction of sp³-hybridized carbons (Fsp3) is 0.833. The molecule has 2 saturated heterocycles. The molecule has 5 heteroatoms. The summed E-state index contributed by atoms with van der Waals surface area (Å²) in [5, 5.41) is 0. The number of hydrogen-bond acceptors (Lipinski definition) is 5. The zero-order chi connectivity index (χ0) is 16.3. The van der Waals surface area contributed by atoms with Gasteiger partial charge in [-0.25, -0.2) is 4.98 Å². The topological polar surface area (TPSA) is 47.7 Å². The van der Waals surface area contributed by atoms with Crippen LogP contribution in [0.1, 0.15) is 58.1 Å². The molecule has 0 N–H and O–H groups in total. The summed E-state index contributed by atoms with van der Waals surface area (Å²) >= 11 is 0. The molecule has 130 valence electrons. The highest BCUT2D eigenvalue weighted by Crippen LogP contribution is 2.24. The van der Waals surface area contributed by atoms with Crippen LogP contribution in [0.2, 0.25) is 0 Å². The van der Waals surface area contributed by atoms with E-state index in [1.165, 1.54) is 12.8 Å². The Morgan fingerprint density at radius 2 is 1.70 bits per heavy atom. The fourth-order valence-electron chi connectivity index (χ4n) is 3.28. The summed E-state index contributed by atoms with van der Waals surface area (Å²) in [5.41, 5.74) is -0.000787. The lowest BCUT2D eigenvalue weighted by Crippen LogP contribution is -2.37. The van der Waals surface area contributed by atoms with E-state index in [1.807, 2.05) is 6.20 Å². The zero-order valence-corrected chi connectivity index (χ0v) is 14.7. The predicted molar refractivity (Wildman–Crippen MR) is 88.4 cm³/mol. The molecule has 3 rings (SSSR count). The Morgan fingerprint density at radius 3 is 2.13 bits per heavy atom. The first-order chi connectivity index (χ1) is 11.0. The van der Waals surface area contributed by atoms with Crippen molar-refractivity contribution < 1.29 is 13.9 Å². The summed E-state index contributed by atoms with van der Waals surface area (Å²) in [4.78, 5) is 6.87. The third kappa shape index (κ3) is 4.78. The van der Waals surface area contributed by atoms with Crippen molar-refractivity contribution in [1.29, 1.82) is 0 Å². The zero-order valence-electron chi connectivity index (χ0n) is 14.7. The van der Waals surface area contributed by atoms with Crippen LogP contribution < -0.4 is 0 Å². The number of rotatable bonds is 6. The first kappa shape index (κ1) is 16.9. The molecule has 1 aromatic rings. The Morgan fingerprint density at radius 1 is 1.09 bits per heavy atom. The highest BCUT2D eigenvalue weighted by molar-refractivity contribution is 5.06. The highest BCUT2D eigenvalue weighted by Gasteiger charge is 2.26. The maximum absolute atomic E-state index is 5.97. The van der Waals surface area contributed by atoms with Crippen molar-refractivity contribution in [2.24, 2.45) is 0 Å². The molecule has 0 aromatic carbocycles. The van der Waals surface area contributed by atoms with Crippen LogP contribution in [-0.4, -0.2) is 48.4 Å². The van der Waals surface area contributed by atoms with E-state index < -0.39 is 0 Å². The van der Waals surface area contributed by atoms with Crippen LogP contribution in [-0.2, 0) is 21.4 Å². The van der Waals surface area contributed by atoms with Gasteiger partial charge in [0.25, 0.3) is 0 Å². The number of ether oxygens (including phenoxy) is 2. The average molecular weight is 322 g/mol. The molecular formula is C18H30N2O3. The van der Waals surface area contributed by atoms with Gasteiger partial charge in [0, 0.05) is 31.7 Å². The van der Waals surface area contributed by atoms with Gasteiger partial charge in [0.2, 0.25) is 5.89 Å². The van der Waals surface area contributed by atoms with Crippen LogP contribution in [0.25, 0.3) is 0 Å². The Kier molecular flexibility index (Phi) is 5.39. The SMILES string of the molecule is CC(C)(C)c1cnc(CN(CC2CCCO2)CC2CCCO2)o1. The van der Waals surface area contributed by atoms with Crippen molar-refractivity contribution in [3.63, 3.8) is 0 Å². The molecule has 1 aromatic heterocycles. The molecule has 2 atom stereocenters. The van der Waals surface area contributed by atoms with Gasteiger partial charge in [0.1, 0.15) is 5.76 Å². The number of nitrogens with zero attached hydrogens (tertiary/aromatic N) is 2. The second-order valence-corrected chi connectivity index (χ2v) is 7.83. The molecular weight excluding hydrogens is 292 g/mol. The maximum Gasteiger partial charge on any atom is 0.208 e. The van der Waals surface area contributed by atoms with E-state index >= 15 is 0 Å². The van der Waals surface area contributed by atoms with Crippen molar-refractivity contribution >= 4 is 0 Å². The summed E-state index contributed by atoms with van der Waals surface area (Å²) in [7, 11) is 0. The lowest BCUT2D eigenvalue weighted by Gasteiger charge is -2.26. The van der Waals surface area contributed by atoms with Crippen LogP contribution in [0.3, 0.4) is 0 Å². The van der Waals surface area contributed by atoms with E-state index in [0.29, 0.717) is 12.2 Å². The van der Waals surface area contributed by atoms with Gasteiger partial charge >= 0.3 is 0 Å². The minimum absolute atomic E-state index is 0.000787. The van der Waals surface area contributed by atoms with Gasteiger partial charge in [-0.3, -0.25) is 4.90 Å². The number of hydrogen-bond donors (Lipinski definition) is 0. The summed E-state index contributed by atoms with van der Waals surface area (Å²) in [6.45, 7) is 10.8. The molecule has 0 aliphatic carbocycles.